The van der Waals surface area contributed by atoms with Crippen LogP contribution < -0.4 is 4.74 Å². The average molecular weight is 277 g/mol. The molecule has 1 N–H and O–H groups in total. The van der Waals surface area contributed by atoms with Crippen molar-refractivity contribution in [3.05, 3.63) is 29.8 Å². The van der Waals surface area contributed by atoms with Crippen molar-refractivity contribution in [1.29, 1.82) is 0 Å². The zero-order chi connectivity index (χ0) is 14.6. The summed E-state index contributed by atoms with van der Waals surface area (Å²) in [6.45, 7) is 9.31. The second-order valence-electron chi connectivity index (χ2n) is 6.07. The summed E-state index contributed by atoms with van der Waals surface area (Å²) in [7, 11) is 0. The van der Waals surface area contributed by atoms with Crippen molar-refractivity contribution in [3.63, 3.8) is 0 Å². The molecule has 0 unspecified atom stereocenters. The third-order valence-electron chi connectivity index (χ3n) is 3.97. The smallest absolute Gasteiger partial charge is 0.120 e. The van der Waals surface area contributed by atoms with Crippen molar-refractivity contribution in [3.8, 4) is 5.75 Å². The lowest BCUT2D eigenvalue weighted by Crippen LogP contribution is -2.42. The molecule has 3 nitrogen and oxygen atoms in total. The fraction of sp³-hybridized carbons (Fsp3) is 0.647. The van der Waals surface area contributed by atoms with Crippen LogP contribution in [-0.2, 0) is 5.60 Å². The molecule has 1 fully saturated rings. The Labute approximate surface area is 122 Å². The Kier molecular flexibility index (Phi) is 5.06. The summed E-state index contributed by atoms with van der Waals surface area (Å²) in [5, 5.41) is 10.9. The third-order valence-corrected chi connectivity index (χ3v) is 3.97. The molecule has 20 heavy (non-hydrogen) atoms. The molecule has 1 aliphatic heterocycles. The van der Waals surface area contributed by atoms with E-state index in [0.717, 1.165) is 43.8 Å². The lowest BCUT2D eigenvalue weighted by molar-refractivity contribution is -0.0259. The van der Waals surface area contributed by atoms with Gasteiger partial charge in [-0.05, 0) is 57.4 Å². The minimum absolute atomic E-state index is 0.159. The summed E-state index contributed by atoms with van der Waals surface area (Å²) in [5.74, 6) is 0.849. The first kappa shape index (κ1) is 15.3. The van der Waals surface area contributed by atoms with E-state index in [-0.39, 0.29) is 6.10 Å². The summed E-state index contributed by atoms with van der Waals surface area (Å²) < 4.78 is 5.73. The van der Waals surface area contributed by atoms with E-state index in [9.17, 15) is 5.11 Å². The van der Waals surface area contributed by atoms with E-state index in [1.165, 1.54) is 6.42 Å². The molecule has 1 saturated heterocycles. The molecule has 0 aromatic heterocycles. The number of benzene rings is 1. The normalized spacial score (nSPS) is 19.2. The highest BCUT2D eigenvalue weighted by Gasteiger charge is 2.33. The second kappa shape index (κ2) is 6.59. The third kappa shape index (κ3) is 3.74. The Balaban J connectivity index is 2.07. The number of hydrogen-bond acceptors (Lipinski definition) is 3. The molecule has 1 aliphatic rings. The standard InChI is InChI=1S/C17H27NO2/c1-4-10-18-11-8-17(19,9-12-18)15-6-5-7-16(13-15)20-14(2)3/h5-7,13-14,19H,4,8-12H2,1-3H3. The molecule has 0 amide bonds. The van der Waals surface area contributed by atoms with E-state index >= 15 is 0 Å². The Morgan fingerprint density at radius 1 is 1.30 bits per heavy atom. The molecule has 0 radical (unpaired) electrons. The van der Waals surface area contributed by atoms with Crippen LogP contribution in [0.2, 0.25) is 0 Å². The van der Waals surface area contributed by atoms with Gasteiger partial charge in [-0.15, -0.1) is 0 Å². The highest BCUT2D eigenvalue weighted by atomic mass is 16.5. The molecule has 0 atom stereocenters. The quantitative estimate of drug-likeness (QED) is 0.897. The molecule has 1 heterocycles. The van der Waals surface area contributed by atoms with Gasteiger partial charge in [0.2, 0.25) is 0 Å². The molecule has 1 aromatic carbocycles. The zero-order valence-corrected chi connectivity index (χ0v) is 12.9. The van der Waals surface area contributed by atoms with E-state index in [1.54, 1.807) is 0 Å². The minimum atomic E-state index is -0.694. The monoisotopic (exact) mass is 277 g/mol. The molecule has 3 heteroatoms. The van der Waals surface area contributed by atoms with Crippen molar-refractivity contribution in [2.24, 2.45) is 0 Å². The Morgan fingerprint density at radius 3 is 2.60 bits per heavy atom. The van der Waals surface area contributed by atoms with Gasteiger partial charge in [-0.3, -0.25) is 0 Å². The zero-order valence-electron chi connectivity index (χ0n) is 12.9. The summed E-state index contributed by atoms with van der Waals surface area (Å²) in [6.07, 6.45) is 2.94. The molecule has 112 valence electrons. The van der Waals surface area contributed by atoms with Crippen LogP contribution in [0.15, 0.2) is 24.3 Å². The number of piperidine rings is 1. The lowest BCUT2D eigenvalue weighted by Gasteiger charge is -2.38. The molecule has 1 aromatic rings. The van der Waals surface area contributed by atoms with Gasteiger partial charge < -0.3 is 14.7 Å². The summed E-state index contributed by atoms with van der Waals surface area (Å²) >= 11 is 0. The van der Waals surface area contributed by atoms with Gasteiger partial charge in [0.05, 0.1) is 11.7 Å². The maximum Gasteiger partial charge on any atom is 0.120 e. The van der Waals surface area contributed by atoms with Crippen LogP contribution in [-0.4, -0.2) is 35.7 Å². The fourth-order valence-corrected chi connectivity index (χ4v) is 2.88. The number of nitrogens with zero attached hydrogens (tertiary/aromatic N) is 1. The SMILES string of the molecule is CCCN1CCC(O)(c2cccc(OC(C)C)c2)CC1. The van der Waals surface area contributed by atoms with Crippen LogP contribution in [0.25, 0.3) is 0 Å². The highest BCUT2D eigenvalue weighted by molar-refractivity contribution is 5.33. The van der Waals surface area contributed by atoms with Crippen molar-refractivity contribution >= 4 is 0 Å². The summed E-state index contributed by atoms with van der Waals surface area (Å²) in [4.78, 5) is 2.43. The van der Waals surface area contributed by atoms with Crippen LogP contribution in [0, 0.1) is 0 Å². The number of aliphatic hydroxyl groups is 1. The van der Waals surface area contributed by atoms with Crippen molar-refractivity contribution in [2.75, 3.05) is 19.6 Å². The van der Waals surface area contributed by atoms with Crippen LogP contribution >= 0.6 is 0 Å². The Hall–Kier alpha value is -1.06. The lowest BCUT2D eigenvalue weighted by atomic mass is 9.84. The van der Waals surface area contributed by atoms with Gasteiger partial charge in [0, 0.05) is 13.1 Å². The Bertz CT molecular complexity index is 423. The van der Waals surface area contributed by atoms with Crippen molar-refractivity contribution < 1.29 is 9.84 Å². The van der Waals surface area contributed by atoms with Gasteiger partial charge in [-0.1, -0.05) is 19.1 Å². The fourth-order valence-electron chi connectivity index (χ4n) is 2.88. The summed E-state index contributed by atoms with van der Waals surface area (Å²) in [5.41, 5.74) is 0.299. The van der Waals surface area contributed by atoms with Gasteiger partial charge >= 0.3 is 0 Å². The maximum atomic E-state index is 10.9. The number of ether oxygens (including phenoxy) is 1. The van der Waals surface area contributed by atoms with Crippen LogP contribution in [0.4, 0.5) is 0 Å². The van der Waals surface area contributed by atoms with Crippen LogP contribution in [0.1, 0.15) is 45.6 Å². The predicted octanol–water partition coefficient (Wildman–Crippen LogP) is 3.17. The molecular weight excluding hydrogens is 250 g/mol. The summed E-state index contributed by atoms with van der Waals surface area (Å²) in [6, 6.07) is 7.95. The van der Waals surface area contributed by atoms with E-state index in [4.69, 9.17) is 4.74 Å². The van der Waals surface area contributed by atoms with Crippen molar-refractivity contribution in [2.45, 2.75) is 51.7 Å². The van der Waals surface area contributed by atoms with E-state index in [2.05, 4.69) is 11.8 Å². The molecule has 2 rings (SSSR count). The second-order valence-corrected chi connectivity index (χ2v) is 6.07. The first-order valence-electron chi connectivity index (χ1n) is 7.75. The van der Waals surface area contributed by atoms with Crippen LogP contribution in [0.3, 0.4) is 0 Å². The maximum absolute atomic E-state index is 10.9. The van der Waals surface area contributed by atoms with Gasteiger partial charge in [0.1, 0.15) is 5.75 Å². The number of hydrogen-bond donors (Lipinski definition) is 1. The van der Waals surface area contributed by atoms with Crippen LogP contribution in [0.5, 0.6) is 5.75 Å². The van der Waals surface area contributed by atoms with Crippen molar-refractivity contribution in [1.82, 2.24) is 4.90 Å². The molecular formula is C17H27NO2. The average Bonchev–Trinajstić information content (AvgIpc) is 2.41. The van der Waals surface area contributed by atoms with Gasteiger partial charge in [0.15, 0.2) is 0 Å². The molecule has 0 bridgehead atoms. The topological polar surface area (TPSA) is 32.7 Å². The van der Waals surface area contributed by atoms with Gasteiger partial charge in [-0.25, -0.2) is 0 Å². The van der Waals surface area contributed by atoms with E-state index < -0.39 is 5.60 Å². The first-order valence-corrected chi connectivity index (χ1v) is 7.75. The predicted molar refractivity (Wildman–Crippen MR) is 82.1 cm³/mol. The highest BCUT2D eigenvalue weighted by Crippen LogP contribution is 2.34. The molecule has 0 saturated carbocycles. The number of rotatable bonds is 5. The minimum Gasteiger partial charge on any atom is -0.491 e. The Morgan fingerprint density at radius 2 is 2.00 bits per heavy atom. The van der Waals surface area contributed by atoms with Gasteiger partial charge in [0.25, 0.3) is 0 Å². The first-order chi connectivity index (χ1) is 9.53. The van der Waals surface area contributed by atoms with Gasteiger partial charge in [-0.2, -0.15) is 0 Å². The largest absolute Gasteiger partial charge is 0.491 e. The van der Waals surface area contributed by atoms with E-state index in [1.807, 2.05) is 38.1 Å². The molecule has 0 aliphatic carbocycles. The molecule has 0 spiro atoms. The number of likely N-dealkylation sites (tertiary alicyclic amines) is 1. The van der Waals surface area contributed by atoms with E-state index in [0.29, 0.717) is 0 Å².